The number of benzene rings is 2. The van der Waals surface area contributed by atoms with Gasteiger partial charge in [0.2, 0.25) is 0 Å². The fourth-order valence-corrected chi connectivity index (χ4v) is 3.90. The molecular formula is C27H25N5O3. The Hall–Kier alpha value is -4.06. The van der Waals surface area contributed by atoms with E-state index < -0.39 is 0 Å². The minimum atomic E-state index is -0.146. The van der Waals surface area contributed by atoms with E-state index in [4.69, 9.17) is 9.26 Å². The third-order valence-corrected chi connectivity index (χ3v) is 5.79. The Bertz CT molecular complexity index is 1350. The monoisotopic (exact) mass is 467 g/mol. The van der Waals surface area contributed by atoms with Crippen molar-refractivity contribution >= 4 is 5.78 Å². The Balaban J connectivity index is 1.21. The number of ether oxygens (including phenoxy) is 1. The Morgan fingerprint density at radius 1 is 0.971 bits per heavy atom. The predicted molar refractivity (Wildman–Crippen MR) is 130 cm³/mol. The zero-order valence-corrected chi connectivity index (χ0v) is 19.5. The van der Waals surface area contributed by atoms with Crippen LogP contribution in [0.25, 0.3) is 11.3 Å². The lowest BCUT2D eigenvalue weighted by Gasteiger charge is -2.26. The molecule has 4 aromatic rings. The number of nitrogens with zero attached hydrogens (tertiary/aromatic N) is 5. The number of hydrogen-bond acceptors (Lipinski definition) is 7. The molecule has 1 aliphatic rings. The van der Waals surface area contributed by atoms with Gasteiger partial charge in [-0.1, -0.05) is 29.1 Å². The lowest BCUT2D eigenvalue weighted by atomic mass is 10.1. The third-order valence-electron chi connectivity index (χ3n) is 5.79. The standard InChI is InChI=1S/C27H25N5O3/c1-20(33)27-28-19-29-32(27)18-25-16-26(35-30-25)24-10-8-22(9-11-24)3-2-21-4-6-23(7-5-21)17-31-12-14-34-15-13-31/h4-11,16,19H,12-15,17-18H2,1H3. The molecule has 0 saturated carbocycles. The average molecular weight is 468 g/mol. The smallest absolute Gasteiger partial charge is 0.196 e. The first-order valence-corrected chi connectivity index (χ1v) is 11.5. The first-order valence-electron chi connectivity index (χ1n) is 11.5. The molecule has 2 aromatic heterocycles. The van der Waals surface area contributed by atoms with E-state index in [1.165, 1.54) is 23.5 Å². The maximum atomic E-state index is 11.6. The molecule has 1 aliphatic heterocycles. The number of Topliss-reactive ketones (excluding diaryl/α,β-unsaturated/α-hetero) is 1. The summed E-state index contributed by atoms with van der Waals surface area (Å²) in [5.74, 6) is 7.24. The highest BCUT2D eigenvalue weighted by molar-refractivity contribution is 5.90. The van der Waals surface area contributed by atoms with Crippen LogP contribution in [0.15, 0.2) is 65.4 Å². The second-order valence-electron chi connectivity index (χ2n) is 8.39. The van der Waals surface area contributed by atoms with Gasteiger partial charge in [-0.05, 0) is 42.0 Å². The van der Waals surface area contributed by atoms with Crippen LogP contribution in [0.3, 0.4) is 0 Å². The molecule has 0 N–H and O–H groups in total. The average Bonchev–Trinajstić information content (AvgIpc) is 3.55. The zero-order valence-electron chi connectivity index (χ0n) is 19.5. The highest BCUT2D eigenvalue weighted by atomic mass is 16.5. The van der Waals surface area contributed by atoms with Crippen LogP contribution < -0.4 is 0 Å². The van der Waals surface area contributed by atoms with Crippen LogP contribution in [-0.4, -0.2) is 56.9 Å². The topological polar surface area (TPSA) is 86.3 Å². The van der Waals surface area contributed by atoms with Crippen molar-refractivity contribution in [1.29, 1.82) is 0 Å². The lowest BCUT2D eigenvalue weighted by Crippen LogP contribution is -2.35. The molecule has 0 radical (unpaired) electrons. The molecule has 8 heteroatoms. The fourth-order valence-electron chi connectivity index (χ4n) is 3.90. The minimum Gasteiger partial charge on any atom is -0.379 e. The SMILES string of the molecule is CC(=O)c1ncnn1Cc1cc(-c2ccc(C#Cc3ccc(CN4CCOCC4)cc3)cc2)on1. The van der Waals surface area contributed by atoms with Crippen molar-refractivity contribution in [2.75, 3.05) is 26.3 Å². The number of carbonyl (C=O) groups is 1. The Labute approximate surface area is 203 Å². The number of carbonyl (C=O) groups excluding carboxylic acids is 1. The Morgan fingerprint density at radius 2 is 1.66 bits per heavy atom. The van der Waals surface area contributed by atoms with Gasteiger partial charge < -0.3 is 9.26 Å². The van der Waals surface area contributed by atoms with Crippen molar-refractivity contribution in [2.45, 2.75) is 20.0 Å². The van der Waals surface area contributed by atoms with Crippen molar-refractivity contribution in [3.05, 3.63) is 89.1 Å². The molecule has 5 rings (SSSR count). The number of morpholine rings is 1. The van der Waals surface area contributed by atoms with Crippen molar-refractivity contribution in [3.8, 4) is 23.2 Å². The van der Waals surface area contributed by atoms with E-state index in [9.17, 15) is 4.79 Å². The summed E-state index contributed by atoms with van der Waals surface area (Å²) in [4.78, 5) is 18.0. The van der Waals surface area contributed by atoms with Crippen LogP contribution in [0.1, 0.15) is 39.9 Å². The predicted octanol–water partition coefficient (Wildman–Crippen LogP) is 3.42. The Kier molecular flexibility index (Phi) is 6.80. The molecule has 0 aliphatic carbocycles. The van der Waals surface area contributed by atoms with Crippen LogP contribution in [0.5, 0.6) is 0 Å². The molecule has 1 fully saturated rings. The third kappa shape index (κ3) is 5.72. The van der Waals surface area contributed by atoms with E-state index in [0.29, 0.717) is 23.8 Å². The molecule has 0 atom stereocenters. The number of aromatic nitrogens is 4. The summed E-state index contributed by atoms with van der Waals surface area (Å²) in [6.07, 6.45) is 1.36. The van der Waals surface area contributed by atoms with Gasteiger partial charge >= 0.3 is 0 Å². The van der Waals surface area contributed by atoms with Gasteiger partial charge in [0.25, 0.3) is 0 Å². The molecule has 3 heterocycles. The van der Waals surface area contributed by atoms with E-state index in [0.717, 1.165) is 49.5 Å². The number of hydrogen-bond donors (Lipinski definition) is 0. The number of ketones is 1. The van der Waals surface area contributed by atoms with E-state index in [-0.39, 0.29) is 5.78 Å². The van der Waals surface area contributed by atoms with Gasteiger partial charge in [-0.15, -0.1) is 0 Å². The molecule has 176 valence electrons. The van der Waals surface area contributed by atoms with Crippen LogP contribution in [0.2, 0.25) is 0 Å². The fraction of sp³-hybridized carbons (Fsp3) is 0.259. The molecule has 0 unspecified atom stereocenters. The highest BCUT2D eigenvalue weighted by Gasteiger charge is 2.13. The molecule has 0 spiro atoms. The second kappa shape index (κ2) is 10.5. The summed E-state index contributed by atoms with van der Waals surface area (Å²) in [6.45, 7) is 6.30. The summed E-state index contributed by atoms with van der Waals surface area (Å²) < 4.78 is 12.4. The minimum absolute atomic E-state index is 0.146. The van der Waals surface area contributed by atoms with Gasteiger partial charge in [0.05, 0.1) is 19.8 Å². The molecule has 35 heavy (non-hydrogen) atoms. The van der Waals surface area contributed by atoms with Crippen molar-refractivity contribution in [1.82, 2.24) is 24.8 Å². The van der Waals surface area contributed by atoms with Crippen LogP contribution in [0, 0.1) is 11.8 Å². The normalized spacial score (nSPS) is 13.9. The molecular weight excluding hydrogens is 442 g/mol. The van der Waals surface area contributed by atoms with Gasteiger partial charge in [0, 0.05) is 49.3 Å². The van der Waals surface area contributed by atoms with E-state index >= 15 is 0 Å². The van der Waals surface area contributed by atoms with E-state index in [1.807, 2.05) is 30.3 Å². The van der Waals surface area contributed by atoms with E-state index in [2.05, 4.69) is 56.2 Å². The van der Waals surface area contributed by atoms with Gasteiger partial charge in [-0.3, -0.25) is 9.69 Å². The van der Waals surface area contributed by atoms with E-state index in [1.54, 1.807) is 0 Å². The maximum Gasteiger partial charge on any atom is 0.196 e. The molecule has 1 saturated heterocycles. The second-order valence-corrected chi connectivity index (χ2v) is 8.39. The summed E-state index contributed by atoms with van der Waals surface area (Å²) in [5.41, 5.74) is 4.74. The van der Waals surface area contributed by atoms with Crippen LogP contribution in [0.4, 0.5) is 0 Å². The zero-order chi connectivity index (χ0) is 24.0. The van der Waals surface area contributed by atoms with Gasteiger partial charge in [0.1, 0.15) is 12.0 Å². The maximum absolute atomic E-state index is 11.6. The first-order chi connectivity index (χ1) is 17.1. The van der Waals surface area contributed by atoms with Crippen LogP contribution in [-0.2, 0) is 17.8 Å². The van der Waals surface area contributed by atoms with Crippen molar-refractivity contribution < 1.29 is 14.1 Å². The molecule has 8 nitrogen and oxygen atoms in total. The number of rotatable bonds is 6. The summed E-state index contributed by atoms with van der Waals surface area (Å²) in [5, 5.41) is 8.18. The lowest BCUT2D eigenvalue weighted by molar-refractivity contribution is 0.0342. The van der Waals surface area contributed by atoms with Gasteiger partial charge in [0.15, 0.2) is 17.4 Å². The van der Waals surface area contributed by atoms with Crippen molar-refractivity contribution in [3.63, 3.8) is 0 Å². The van der Waals surface area contributed by atoms with Crippen molar-refractivity contribution in [2.24, 2.45) is 0 Å². The summed E-state index contributed by atoms with van der Waals surface area (Å²) in [6, 6.07) is 18.1. The molecule has 2 aromatic carbocycles. The van der Waals surface area contributed by atoms with Gasteiger partial charge in [-0.25, -0.2) is 9.67 Å². The largest absolute Gasteiger partial charge is 0.379 e. The molecule has 0 bridgehead atoms. The molecule has 0 amide bonds. The highest BCUT2D eigenvalue weighted by Crippen LogP contribution is 2.21. The Morgan fingerprint density at radius 3 is 2.34 bits per heavy atom. The first kappa shape index (κ1) is 22.7. The quantitative estimate of drug-likeness (QED) is 0.317. The van der Waals surface area contributed by atoms with Crippen LogP contribution >= 0.6 is 0 Å². The summed E-state index contributed by atoms with van der Waals surface area (Å²) >= 11 is 0. The summed E-state index contributed by atoms with van der Waals surface area (Å²) in [7, 11) is 0. The van der Waals surface area contributed by atoms with Gasteiger partial charge in [-0.2, -0.15) is 5.10 Å².